The highest BCUT2D eigenvalue weighted by molar-refractivity contribution is 5.17. The maximum atomic E-state index is 5.47. The molecule has 0 spiro atoms. The topological polar surface area (TPSA) is 61.8 Å². The smallest absolute Gasteiger partial charge is 0.213 e. The second-order valence-corrected chi connectivity index (χ2v) is 4.10. The lowest BCUT2D eigenvalue weighted by Crippen LogP contribution is -2.12. The molecule has 0 radical (unpaired) electrons. The Kier molecular flexibility index (Phi) is 9.77. The second kappa shape index (κ2) is 11.6. The lowest BCUT2D eigenvalue weighted by Gasteiger charge is -2.07. The first kappa shape index (κ1) is 16.8. The largest absolute Gasteiger partial charge is 0.475 e. The molecule has 0 unspecified atom stereocenters. The SMILES string of the molecule is CNCc1ccc(OCCOCCOCCOC)nc1. The van der Waals surface area contributed by atoms with Gasteiger partial charge in [-0.1, -0.05) is 6.07 Å². The minimum Gasteiger partial charge on any atom is -0.475 e. The van der Waals surface area contributed by atoms with Gasteiger partial charge < -0.3 is 24.3 Å². The van der Waals surface area contributed by atoms with Gasteiger partial charge in [0, 0.05) is 25.9 Å². The summed E-state index contributed by atoms with van der Waals surface area (Å²) in [7, 11) is 3.55. The van der Waals surface area contributed by atoms with Crippen molar-refractivity contribution in [3.63, 3.8) is 0 Å². The maximum absolute atomic E-state index is 5.47. The van der Waals surface area contributed by atoms with Crippen LogP contribution in [0.5, 0.6) is 5.88 Å². The zero-order chi connectivity index (χ0) is 14.5. The minimum absolute atomic E-state index is 0.483. The van der Waals surface area contributed by atoms with Crippen molar-refractivity contribution in [2.75, 3.05) is 53.8 Å². The zero-order valence-corrected chi connectivity index (χ0v) is 12.3. The monoisotopic (exact) mass is 284 g/mol. The van der Waals surface area contributed by atoms with Crippen molar-refractivity contribution in [2.45, 2.75) is 6.54 Å². The Balaban J connectivity index is 1.98. The van der Waals surface area contributed by atoms with Gasteiger partial charge in [0.15, 0.2) is 0 Å². The summed E-state index contributed by atoms with van der Waals surface area (Å²) < 4.78 is 21.0. The highest BCUT2D eigenvalue weighted by atomic mass is 16.6. The van der Waals surface area contributed by atoms with Gasteiger partial charge in [0.2, 0.25) is 5.88 Å². The molecule has 0 saturated heterocycles. The van der Waals surface area contributed by atoms with Crippen LogP contribution in [-0.4, -0.2) is 58.8 Å². The van der Waals surface area contributed by atoms with E-state index in [4.69, 9.17) is 18.9 Å². The molecule has 1 N–H and O–H groups in total. The molecular formula is C14H24N2O4. The molecule has 0 atom stereocenters. The molecule has 0 aliphatic rings. The van der Waals surface area contributed by atoms with E-state index in [1.165, 1.54) is 0 Å². The summed E-state index contributed by atoms with van der Waals surface area (Å²) in [6.07, 6.45) is 1.80. The van der Waals surface area contributed by atoms with Crippen LogP contribution in [0.2, 0.25) is 0 Å². The minimum atomic E-state index is 0.483. The van der Waals surface area contributed by atoms with Crippen molar-refractivity contribution in [1.82, 2.24) is 10.3 Å². The standard InChI is InChI=1S/C14H24N2O4/c1-15-11-13-3-4-14(16-12-13)20-10-9-19-8-7-18-6-5-17-2/h3-4,12,15H,5-11H2,1-2H3. The third-order valence-corrected chi connectivity index (χ3v) is 2.46. The van der Waals surface area contributed by atoms with E-state index in [0.717, 1.165) is 12.1 Å². The molecule has 0 amide bonds. The van der Waals surface area contributed by atoms with Crippen molar-refractivity contribution >= 4 is 0 Å². The fourth-order valence-electron chi connectivity index (χ4n) is 1.47. The summed E-state index contributed by atoms with van der Waals surface area (Å²) in [4.78, 5) is 4.21. The van der Waals surface area contributed by atoms with Gasteiger partial charge in [-0.25, -0.2) is 4.98 Å². The van der Waals surface area contributed by atoms with Gasteiger partial charge in [0.05, 0.1) is 33.0 Å². The second-order valence-electron chi connectivity index (χ2n) is 4.10. The molecule has 0 saturated carbocycles. The van der Waals surface area contributed by atoms with Crippen LogP contribution < -0.4 is 10.1 Å². The first-order valence-electron chi connectivity index (χ1n) is 6.73. The molecule has 0 aliphatic carbocycles. The molecule has 114 valence electrons. The summed E-state index contributed by atoms with van der Waals surface area (Å²) in [5.41, 5.74) is 1.13. The third-order valence-electron chi connectivity index (χ3n) is 2.46. The molecule has 1 aromatic heterocycles. The van der Waals surface area contributed by atoms with E-state index in [-0.39, 0.29) is 0 Å². The summed E-state index contributed by atoms with van der Waals surface area (Å²) in [5, 5.41) is 3.07. The van der Waals surface area contributed by atoms with Crippen LogP contribution in [0, 0.1) is 0 Å². The highest BCUT2D eigenvalue weighted by Gasteiger charge is 1.97. The fourth-order valence-corrected chi connectivity index (χ4v) is 1.47. The predicted molar refractivity (Wildman–Crippen MR) is 76.0 cm³/mol. The van der Waals surface area contributed by atoms with Gasteiger partial charge in [-0.3, -0.25) is 0 Å². The average molecular weight is 284 g/mol. The van der Waals surface area contributed by atoms with E-state index in [2.05, 4.69) is 10.3 Å². The van der Waals surface area contributed by atoms with Crippen LogP contribution in [0.25, 0.3) is 0 Å². The molecule has 1 heterocycles. The molecule has 1 rings (SSSR count). The van der Waals surface area contributed by atoms with Gasteiger partial charge in [-0.05, 0) is 12.6 Å². The van der Waals surface area contributed by atoms with Gasteiger partial charge in [0.1, 0.15) is 6.61 Å². The number of ether oxygens (including phenoxy) is 4. The maximum Gasteiger partial charge on any atom is 0.213 e. The van der Waals surface area contributed by atoms with Crippen LogP contribution in [0.15, 0.2) is 18.3 Å². The van der Waals surface area contributed by atoms with E-state index in [9.17, 15) is 0 Å². The van der Waals surface area contributed by atoms with Crippen LogP contribution in [0.3, 0.4) is 0 Å². The Hall–Kier alpha value is -1.21. The summed E-state index contributed by atoms with van der Waals surface area (Å²) in [6, 6.07) is 3.85. The molecule has 0 bridgehead atoms. The summed E-state index contributed by atoms with van der Waals surface area (Å²) >= 11 is 0. The molecule has 6 nitrogen and oxygen atoms in total. The number of rotatable bonds is 12. The Morgan fingerprint density at radius 3 is 2.30 bits per heavy atom. The third kappa shape index (κ3) is 8.06. The molecular weight excluding hydrogens is 260 g/mol. The first-order valence-corrected chi connectivity index (χ1v) is 6.73. The van der Waals surface area contributed by atoms with Crippen molar-refractivity contribution in [2.24, 2.45) is 0 Å². The van der Waals surface area contributed by atoms with Crippen LogP contribution in [-0.2, 0) is 20.8 Å². The van der Waals surface area contributed by atoms with Crippen LogP contribution in [0.4, 0.5) is 0 Å². The quantitative estimate of drug-likeness (QED) is 0.574. The lowest BCUT2D eigenvalue weighted by molar-refractivity contribution is 0.0176. The van der Waals surface area contributed by atoms with Crippen LogP contribution >= 0.6 is 0 Å². The number of hydrogen-bond acceptors (Lipinski definition) is 6. The Morgan fingerprint density at radius 1 is 1.00 bits per heavy atom. The fraction of sp³-hybridized carbons (Fsp3) is 0.643. The number of hydrogen-bond donors (Lipinski definition) is 1. The van der Waals surface area contributed by atoms with E-state index < -0.39 is 0 Å². The van der Waals surface area contributed by atoms with Crippen molar-refractivity contribution in [3.05, 3.63) is 23.9 Å². The number of nitrogens with zero attached hydrogens (tertiary/aromatic N) is 1. The Labute approximate surface area is 120 Å². The van der Waals surface area contributed by atoms with Crippen molar-refractivity contribution in [3.8, 4) is 5.88 Å². The van der Waals surface area contributed by atoms with E-state index in [1.807, 2.05) is 19.2 Å². The van der Waals surface area contributed by atoms with Crippen molar-refractivity contribution < 1.29 is 18.9 Å². The van der Waals surface area contributed by atoms with E-state index in [1.54, 1.807) is 13.3 Å². The number of aromatic nitrogens is 1. The average Bonchev–Trinajstić information content (AvgIpc) is 2.47. The molecule has 6 heteroatoms. The van der Waals surface area contributed by atoms with Gasteiger partial charge in [0.25, 0.3) is 0 Å². The highest BCUT2D eigenvalue weighted by Crippen LogP contribution is 2.07. The summed E-state index contributed by atoms with van der Waals surface area (Å²) in [5.74, 6) is 0.616. The Bertz CT molecular complexity index is 332. The number of methoxy groups -OCH3 is 1. The molecule has 0 fully saturated rings. The first-order chi connectivity index (χ1) is 9.86. The van der Waals surface area contributed by atoms with E-state index >= 15 is 0 Å². The van der Waals surface area contributed by atoms with Gasteiger partial charge in [-0.2, -0.15) is 0 Å². The number of nitrogens with one attached hydrogen (secondary N) is 1. The summed E-state index contributed by atoms with van der Waals surface area (Å²) in [6.45, 7) is 4.14. The zero-order valence-electron chi connectivity index (χ0n) is 12.3. The Morgan fingerprint density at radius 2 is 1.70 bits per heavy atom. The lowest BCUT2D eigenvalue weighted by atomic mass is 10.3. The predicted octanol–water partition coefficient (Wildman–Crippen LogP) is 0.859. The van der Waals surface area contributed by atoms with E-state index in [0.29, 0.717) is 45.5 Å². The number of pyridine rings is 1. The molecule has 0 aliphatic heterocycles. The van der Waals surface area contributed by atoms with Crippen molar-refractivity contribution in [1.29, 1.82) is 0 Å². The molecule has 0 aromatic carbocycles. The normalized spacial score (nSPS) is 10.7. The van der Waals surface area contributed by atoms with Gasteiger partial charge >= 0.3 is 0 Å². The van der Waals surface area contributed by atoms with Gasteiger partial charge in [-0.15, -0.1) is 0 Å². The molecule has 1 aromatic rings. The van der Waals surface area contributed by atoms with Crippen LogP contribution in [0.1, 0.15) is 5.56 Å². The molecule has 20 heavy (non-hydrogen) atoms.